The third-order valence-corrected chi connectivity index (χ3v) is 7.12. The average molecular weight is 487 g/mol. The Labute approximate surface area is 209 Å². The summed E-state index contributed by atoms with van der Waals surface area (Å²) >= 11 is 7.43. The summed E-state index contributed by atoms with van der Waals surface area (Å²) < 4.78 is 6.40. The quantitative estimate of drug-likeness (QED) is 0.317. The summed E-state index contributed by atoms with van der Waals surface area (Å²) in [5.41, 5.74) is 4.31. The maximum absolute atomic E-state index is 6.40. The molecule has 2 atom stereocenters. The first-order valence-electron chi connectivity index (χ1n) is 11.1. The first kappa shape index (κ1) is 22.5. The molecule has 5 nitrogen and oxygen atoms in total. The van der Waals surface area contributed by atoms with Gasteiger partial charge in [-0.15, -0.1) is 0 Å². The van der Waals surface area contributed by atoms with Crippen LogP contribution in [0, 0.1) is 6.92 Å². The number of aryl methyl sites for hydroxylation is 1. The Morgan fingerprint density at radius 1 is 0.971 bits per heavy atom. The van der Waals surface area contributed by atoms with Gasteiger partial charge in [-0.05, 0) is 79.8 Å². The van der Waals surface area contributed by atoms with Crippen molar-refractivity contribution in [1.82, 2.24) is 10.3 Å². The predicted octanol–water partition coefficient (Wildman–Crippen LogP) is 6.38. The molecule has 0 aliphatic carbocycles. The molecular formula is C27H26N4OS2. The van der Waals surface area contributed by atoms with Gasteiger partial charge in [-0.1, -0.05) is 35.5 Å². The van der Waals surface area contributed by atoms with Crippen molar-refractivity contribution in [2.75, 3.05) is 23.9 Å². The minimum atomic E-state index is -0.167. The van der Waals surface area contributed by atoms with Gasteiger partial charge in [-0.25, -0.2) is 0 Å². The largest absolute Gasteiger partial charge is 0.452 e. The highest BCUT2D eigenvalue weighted by Crippen LogP contribution is 2.43. The number of rotatable bonds is 6. The van der Waals surface area contributed by atoms with Crippen molar-refractivity contribution in [3.63, 3.8) is 0 Å². The second-order valence-electron chi connectivity index (χ2n) is 8.48. The van der Waals surface area contributed by atoms with Crippen LogP contribution in [0.1, 0.15) is 29.1 Å². The van der Waals surface area contributed by atoms with Crippen LogP contribution in [0.15, 0.2) is 99.5 Å². The molecule has 0 bridgehead atoms. The third-order valence-electron chi connectivity index (χ3n) is 5.88. The highest BCUT2D eigenvalue weighted by Gasteiger charge is 2.42. The zero-order valence-electron chi connectivity index (χ0n) is 19.3. The molecule has 1 aliphatic heterocycles. The SMILES string of the molecule is Cc1ccc(Sc2ccc([C@H]3[C@@H](c4ccccn4)NC(=S)N3c3ccc(N(C)C)cc3)o2)cc1. The minimum absolute atomic E-state index is 0.134. The van der Waals surface area contributed by atoms with Crippen molar-refractivity contribution in [2.24, 2.45) is 0 Å². The minimum Gasteiger partial charge on any atom is -0.452 e. The maximum atomic E-state index is 6.40. The zero-order chi connectivity index (χ0) is 23.7. The van der Waals surface area contributed by atoms with Gasteiger partial charge in [0.1, 0.15) is 11.8 Å². The van der Waals surface area contributed by atoms with Crippen molar-refractivity contribution < 1.29 is 4.42 Å². The molecule has 1 N–H and O–H groups in total. The van der Waals surface area contributed by atoms with Crippen LogP contribution >= 0.6 is 24.0 Å². The molecule has 0 spiro atoms. The van der Waals surface area contributed by atoms with Crippen molar-refractivity contribution in [1.29, 1.82) is 0 Å². The monoisotopic (exact) mass is 486 g/mol. The summed E-state index contributed by atoms with van der Waals surface area (Å²) in [6, 6.07) is 26.6. The van der Waals surface area contributed by atoms with Crippen molar-refractivity contribution in [3.05, 3.63) is 102 Å². The number of anilines is 2. The summed E-state index contributed by atoms with van der Waals surface area (Å²) in [4.78, 5) is 9.97. The molecule has 3 heterocycles. The van der Waals surface area contributed by atoms with Gasteiger partial charge in [0.15, 0.2) is 10.2 Å². The smallest absolute Gasteiger partial charge is 0.174 e. The van der Waals surface area contributed by atoms with Gasteiger partial charge in [0.2, 0.25) is 0 Å². The number of thiocarbonyl (C=S) groups is 1. The molecule has 0 amide bonds. The van der Waals surface area contributed by atoms with Crippen molar-refractivity contribution in [3.8, 4) is 0 Å². The second kappa shape index (κ2) is 9.52. The van der Waals surface area contributed by atoms with Crippen LogP contribution in [0.4, 0.5) is 11.4 Å². The van der Waals surface area contributed by atoms with Crippen LogP contribution in [0.5, 0.6) is 0 Å². The molecule has 1 fully saturated rings. The van der Waals surface area contributed by atoms with E-state index in [0.29, 0.717) is 5.11 Å². The molecule has 172 valence electrons. The fourth-order valence-corrected chi connectivity index (χ4v) is 5.23. The fourth-order valence-electron chi connectivity index (χ4n) is 4.10. The molecule has 7 heteroatoms. The van der Waals surface area contributed by atoms with Crippen molar-refractivity contribution in [2.45, 2.75) is 29.0 Å². The van der Waals surface area contributed by atoms with Gasteiger partial charge < -0.3 is 19.5 Å². The second-order valence-corrected chi connectivity index (χ2v) is 9.94. The highest BCUT2D eigenvalue weighted by molar-refractivity contribution is 7.99. The molecule has 0 radical (unpaired) electrons. The van der Waals surface area contributed by atoms with E-state index in [1.807, 2.05) is 50.6 Å². The van der Waals surface area contributed by atoms with E-state index in [1.54, 1.807) is 11.8 Å². The fraction of sp³-hybridized carbons (Fsp3) is 0.185. The first-order valence-corrected chi connectivity index (χ1v) is 12.3. The average Bonchev–Trinajstić information content (AvgIpc) is 3.45. The Bertz CT molecular complexity index is 1270. The van der Waals surface area contributed by atoms with E-state index >= 15 is 0 Å². The lowest BCUT2D eigenvalue weighted by molar-refractivity contribution is 0.383. The summed E-state index contributed by atoms with van der Waals surface area (Å²) in [6.07, 6.45) is 1.81. The van der Waals surface area contributed by atoms with Gasteiger partial charge in [0, 0.05) is 36.6 Å². The van der Waals surface area contributed by atoms with Crippen LogP contribution < -0.4 is 15.1 Å². The van der Waals surface area contributed by atoms with Crippen LogP contribution in [0.3, 0.4) is 0 Å². The number of nitrogens with zero attached hydrogens (tertiary/aromatic N) is 3. The lowest BCUT2D eigenvalue weighted by Gasteiger charge is -2.26. The van der Waals surface area contributed by atoms with Crippen LogP contribution in [-0.4, -0.2) is 24.2 Å². The predicted molar refractivity (Wildman–Crippen MR) is 143 cm³/mol. The number of nitrogens with one attached hydrogen (secondary N) is 1. The first-order chi connectivity index (χ1) is 16.5. The van der Waals surface area contributed by atoms with Gasteiger partial charge in [0.05, 0.1) is 11.7 Å². The number of furan rings is 1. The Morgan fingerprint density at radius 3 is 2.41 bits per heavy atom. The van der Waals surface area contributed by atoms with Gasteiger partial charge in [-0.2, -0.15) is 0 Å². The van der Waals surface area contributed by atoms with Crippen LogP contribution in [0.25, 0.3) is 0 Å². The summed E-state index contributed by atoms with van der Waals surface area (Å²) in [5.74, 6) is 0.842. The Balaban J connectivity index is 1.51. The van der Waals surface area contributed by atoms with E-state index < -0.39 is 0 Å². The lowest BCUT2D eigenvalue weighted by Crippen LogP contribution is -2.29. The lowest BCUT2D eigenvalue weighted by atomic mass is 10.0. The van der Waals surface area contributed by atoms with Gasteiger partial charge >= 0.3 is 0 Å². The van der Waals surface area contributed by atoms with E-state index in [4.69, 9.17) is 16.6 Å². The highest BCUT2D eigenvalue weighted by atomic mass is 32.2. The van der Waals surface area contributed by atoms with Crippen molar-refractivity contribution >= 4 is 40.5 Å². The number of hydrogen-bond acceptors (Lipinski definition) is 5. The third kappa shape index (κ3) is 4.54. The summed E-state index contributed by atoms with van der Waals surface area (Å²) in [5, 5.41) is 4.99. The topological polar surface area (TPSA) is 44.5 Å². The molecule has 1 aliphatic rings. The molecule has 4 aromatic rings. The molecule has 2 aromatic heterocycles. The molecule has 34 heavy (non-hydrogen) atoms. The standard InChI is InChI=1S/C27H26N4OS2/c1-18-7-13-21(14-8-18)34-24-16-15-23(32-24)26-25(22-6-4-5-17-28-22)29-27(33)31(26)20-11-9-19(10-12-20)30(2)3/h4-17,25-26H,1-3H3,(H,29,33)/t25-,26+/m1/s1. The normalized spacial score (nSPS) is 17.6. The molecule has 2 aromatic carbocycles. The number of pyridine rings is 1. The van der Waals surface area contributed by atoms with Crippen LogP contribution in [0.2, 0.25) is 0 Å². The van der Waals surface area contributed by atoms with E-state index in [0.717, 1.165) is 32.8 Å². The Morgan fingerprint density at radius 2 is 1.74 bits per heavy atom. The number of hydrogen-bond donors (Lipinski definition) is 1. The molecule has 0 unspecified atom stereocenters. The Kier molecular flexibility index (Phi) is 6.30. The Hall–Kier alpha value is -3.29. The number of benzene rings is 2. The van der Waals surface area contributed by atoms with E-state index in [1.165, 1.54) is 5.56 Å². The molecule has 0 saturated carbocycles. The van der Waals surface area contributed by atoms with E-state index in [-0.39, 0.29) is 12.1 Å². The molecule has 1 saturated heterocycles. The molecule has 5 rings (SSSR count). The van der Waals surface area contributed by atoms with Gasteiger partial charge in [0.25, 0.3) is 0 Å². The number of aromatic nitrogens is 1. The van der Waals surface area contributed by atoms with E-state index in [9.17, 15) is 0 Å². The zero-order valence-corrected chi connectivity index (χ0v) is 20.9. The maximum Gasteiger partial charge on any atom is 0.174 e. The van der Waals surface area contributed by atoms with E-state index in [2.05, 4.69) is 75.6 Å². The van der Waals surface area contributed by atoms with Crippen LogP contribution in [-0.2, 0) is 0 Å². The van der Waals surface area contributed by atoms with Gasteiger partial charge in [-0.3, -0.25) is 4.98 Å². The summed E-state index contributed by atoms with van der Waals surface area (Å²) in [7, 11) is 4.07. The summed E-state index contributed by atoms with van der Waals surface area (Å²) in [6.45, 7) is 2.09. The molecular weight excluding hydrogens is 460 g/mol.